The van der Waals surface area contributed by atoms with Gasteiger partial charge in [0.25, 0.3) is 5.91 Å². The molecule has 1 saturated heterocycles. The van der Waals surface area contributed by atoms with Gasteiger partial charge in [0.15, 0.2) is 17.3 Å². The number of hydrogen-bond acceptors (Lipinski definition) is 7. The standard InChI is InChI=1S/C29H35FN2O6/c1-2-35-29-23(4-3-15-33)24(21-6-8-22(30)9-7-21)17-27(38-29)28(34)32-13-11-31(12-14-32)18-20-5-10-25-26(16-20)37-19-36-25/h5-10,16-17,23-24,29,33H,2-4,11-15,18-19H2,1H3/t23-,24+,29+/m1/s1. The topological polar surface area (TPSA) is 80.7 Å². The van der Waals surface area contributed by atoms with Gasteiger partial charge in [-0.05, 0) is 61.2 Å². The molecule has 9 heteroatoms. The molecular weight excluding hydrogens is 491 g/mol. The number of carbonyl (C=O) groups is 1. The number of aliphatic hydroxyl groups is 1. The molecule has 0 radical (unpaired) electrons. The van der Waals surface area contributed by atoms with Crippen LogP contribution in [0.15, 0.2) is 54.3 Å². The normalized spacial score (nSPS) is 23.2. The number of rotatable bonds is 9. The van der Waals surface area contributed by atoms with E-state index < -0.39 is 6.29 Å². The summed E-state index contributed by atoms with van der Waals surface area (Å²) < 4.78 is 36.6. The molecule has 0 bridgehead atoms. The second kappa shape index (κ2) is 12.1. The van der Waals surface area contributed by atoms with Gasteiger partial charge in [0.2, 0.25) is 13.1 Å². The van der Waals surface area contributed by atoms with Crippen LogP contribution in [-0.4, -0.2) is 73.3 Å². The van der Waals surface area contributed by atoms with E-state index in [1.54, 1.807) is 12.1 Å². The molecule has 0 aromatic heterocycles. The number of benzene rings is 2. The maximum absolute atomic E-state index is 13.7. The molecule has 1 fully saturated rings. The van der Waals surface area contributed by atoms with Gasteiger partial charge in [0.05, 0.1) is 0 Å². The summed E-state index contributed by atoms with van der Waals surface area (Å²) in [6, 6.07) is 12.3. The zero-order valence-electron chi connectivity index (χ0n) is 21.7. The minimum atomic E-state index is -0.627. The highest BCUT2D eigenvalue weighted by Crippen LogP contribution is 2.40. The smallest absolute Gasteiger partial charge is 0.288 e. The number of piperazine rings is 1. The molecule has 38 heavy (non-hydrogen) atoms. The Kier molecular flexibility index (Phi) is 8.46. The van der Waals surface area contributed by atoms with E-state index in [1.165, 1.54) is 12.1 Å². The number of fused-ring (bicyclic) bond motifs is 1. The van der Waals surface area contributed by atoms with Gasteiger partial charge in [-0.1, -0.05) is 18.2 Å². The molecule has 1 amide bonds. The first kappa shape index (κ1) is 26.5. The molecule has 8 nitrogen and oxygen atoms in total. The highest BCUT2D eigenvalue weighted by Gasteiger charge is 2.39. The molecule has 0 aliphatic carbocycles. The highest BCUT2D eigenvalue weighted by molar-refractivity contribution is 5.92. The molecule has 3 heterocycles. The van der Waals surface area contributed by atoms with Crippen molar-refractivity contribution in [2.75, 3.05) is 46.2 Å². The zero-order chi connectivity index (χ0) is 26.5. The van der Waals surface area contributed by atoms with Crippen molar-refractivity contribution in [3.8, 4) is 11.5 Å². The molecule has 0 saturated carbocycles. The molecule has 1 N–H and O–H groups in total. The largest absolute Gasteiger partial charge is 0.459 e. The van der Waals surface area contributed by atoms with Gasteiger partial charge >= 0.3 is 0 Å². The second-order valence-electron chi connectivity index (χ2n) is 9.84. The lowest BCUT2D eigenvalue weighted by molar-refractivity contribution is -0.171. The maximum Gasteiger partial charge on any atom is 0.288 e. The number of allylic oxidation sites excluding steroid dienone is 1. The fraction of sp³-hybridized carbons (Fsp3) is 0.483. The third kappa shape index (κ3) is 5.95. The predicted molar refractivity (Wildman–Crippen MR) is 138 cm³/mol. The van der Waals surface area contributed by atoms with E-state index in [0.29, 0.717) is 32.5 Å². The van der Waals surface area contributed by atoms with Crippen LogP contribution in [0.4, 0.5) is 4.39 Å². The van der Waals surface area contributed by atoms with Crippen LogP contribution in [0.1, 0.15) is 36.8 Å². The lowest BCUT2D eigenvalue weighted by Crippen LogP contribution is -2.49. The Bertz CT molecular complexity index is 1130. The molecule has 3 aliphatic rings. The quantitative estimate of drug-likeness (QED) is 0.534. The van der Waals surface area contributed by atoms with Gasteiger partial charge < -0.3 is 29.0 Å². The summed E-state index contributed by atoms with van der Waals surface area (Å²) in [7, 11) is 0. The van der Waals surface area contributed by atoms with Crippen LogP contribution in [-0.2, 0) is 20.8 Å². The SMILES string of the molecule is CCO[C@H]1OC(C(=O)N2CCN(Cc3ccc4c(c3)OCO4)CC2)=C[C@@H](c2ccc(F)cc2)[C@H]1CCCO. The van der Waals surface area contributed by atoms with Gasteiger partial charge in [-0.15, -0.1) is 0 Å². The van der Waals surface area contributed by atoms with E-state index in [1.807, 2.05) is 36.1 Å². The third-order valence-electron chi connectivity index (χ3n) is 7.38. The summed E-state index contributed by atoms with van der Waals surface area (Å²) in [6.07, 6.45) is 2.46. The van der Waals surface area contributed by atoms with Crippen molar-refractivity contribution in [2.45, 2.75) is 38.5 Å². The zero-order valence-corrected chi connectivity index (χ0v) is 21.7. The minimum Gasteiger partial charge on any atom is -0.459 e. The Hall–Kier alpha value is -3.14. The van der Waals surface area contributed by atoms with Gasteiger partial charge in [-0.25, -0.2) is 4.39 Å². The van der Waals surface area contributed by atoms with Crippen molar-refractivity contribution in [3.05, 3.63) is 71.2 Å². The Balaban J connectivity index is 1.28. The number of nitrogens with zero attached hydrogens (tertiary/aromatic N) is 2. The van der Waals surface area contributed by atoms with E-state index in [4.69, 9.17) is 18.9 Å². The van der Waals surface area contributed by atoms with Crippen molar-refractivity contribution < 1.29 is 33.2 Å². The Labute approximate surface area is 222 Å². The predicted octanol–water partition coefficient (Wildman–Crippen LogP) is 3.65. The number of aliphatic hydroxyl groups excluding tert-OH is 1. The summed E-state index contributed by atoms with van der Waals surface area (Å²) in [5.74, 6) is 1.03. The van der Waals surface area contributed by atoms with Gasteiger partial charge in [-0.3, -0.25) is 9.69 Å². The maximum atomic E-state index is 13.7. The molecule has 2 aromatic rings. The lowest BCUT2D eigenvalue weighted by Gasteiger charge is -2.39. The van der Waals surface area contributed by atoms with Crippen LogP contribution in [0.3, 0.4) is 0 Å². The van der Waals surface area contributed by atoms with Crippen LogP contribution in [0.2, 0.25) is 0 Å². The van der Waals surface area contributed by atoms with Crippen molar-refractivity contribution in [3.63, 3.8) is 0 Å². The van der Waals surface area contributed by atoms with Crippen molar-refractivity contribution >= 4 is 5.91 Å². The molecule has 204 valence electrons. The van der Waals surface area contributed by atoms with Crippen LogP contribution >= 0.6 is 0 Å². The Morgan fingerprint density at radius 3 is 2.58 bits per heavy atom. The van der Waals surface area contributed by atoms with Crippen LogP contribution in [0.5, 0.6) is 11.5 Å². The molecule has 0 spiro atoms. The molecule has 2 aromatic carbocycles. The molecule has 3 aliphatic heterocycles. The summed E-state index contributed by atoms with van der Waals surface area (Å²) in [5, 5.41) is 9.45. The fourth-order valence-corrected chi connectivity index (χ4v) is 5.38. The summed E-state index contributed by atoms with van der Waals surface area (Å²) in [5.41, 5.74) is 2.03. The van der Waals surface area contributed by atoms with Gasteiger partial charge in [0, 0.05) is 57.8 Å². The highest BCUT2D eigenvalue weighted by atomic mass is 19.1. The van der Waals surface area contributed by atoms with E-state index in [2.05, 4.69) is 4.90 Å². The van der Waals surface area contributed by atoms with E-state index in [-0.39, 0.29) is 42.7 Å². The van der Waals surface area contributed by atoms with E-state index in [9.17, 15) is 14.3 Å². The first-order chi connectivity index (χ1) is 18.6. The van der Waals surface area contributed by atoms with Gasteiger partial charge in [-0.2, -0.15) is 0 Å². The number of ether oxygens (including phenoxy) is 4. The Morgan fingerprint density at radius 1 is 1.08 bits per heavy atom. The molecule has 0 unspecified atom stereocenters. The fourth-order valence-electron chi connectivity index (χ4n) is 5.38. The van der Waals surface area contributed by atoms with Crippen molar-refractivity contribution in [1.82, 2.24) is 9.80 Å². The number of amides is 1. The summed E-state index contributed by atoms with van der Waals surface area (Å²) >= 11 is 0. The molecule has 5 rings (SSSR count). The molecule has 3 atom stereocenters. The monoisotopic (exact) mass is 526 g/mol. The summed E-state index contributed by atoms with van der Waals surface area (Å²) in [4.78, 5) is 17.7. The average molecular weight is 527 g/mol. The van der Waals surface area contributed by atoms with E-state index >= 15 is 0 Å². The van der Waals surface area contributed by atoms with E-state index in [0.717, 1.165) is 42.3 Å². The number of carbonyl (C=O) groups excluding carboxylic acids is 1. The minimum absolute atomic E-state index is 0.0531. The van der Waals surface area contributed by atoms with Gasteiger partial charge in [0.1, 0.15) is 5.82 Å². The molecular formula is C29H35FN2O6. The third-order valence-corrected chi connectivity index (χ3v) is 7.38. The number of hydrogen-bond donors (Lipinski definition) is 1. The van der Waals surface area contributed by atoms with Crippen molar-refractivity contribution in [1.29, 1.82) is 0 Å². The first-order valence-corrected chi connectivity index (χ1v) is 13.3. The average Bonchev–Trinajstić information content (AvgIpc) is 3.41. The Morgan fingerprint density at radius 2 is 1.84 bits per heavy atom. The number of halogens is 1. The van der Waals surface area contributed by atoms with Crippen LogP contribution < -0.4 is 9.47 Å². The van der Waals surface area contributed by atoms with Crippen LogP contribution in [0, 0.1) is 11.7 Å². The van der Waals surface area contributed by atoms with Crippen molar-refractivity contribution in [2.24, 2.45) is 5.92 Å². The first-order valence-electron chi connectivity index (χ1n) is 13.3. The summed E-state index contributed by atoms with van der Waals surface area (Å²) in [6.45, 7) is 6.03. The second-order valence-corrected chi connectivity index (χ2v) is 9.84. The lowest BCUT2D eigenvalue weighted by atomic mass is 9.80. The van der Waals surface area contributed by atoms with Crippen LogP contribution in [0.25, 0.3) is 0 Å².